The van der Waals surface area contributed by atoms with Crippen LogP contribution in [0.25, 0.3) is 16.1 Å². The summed E-state index contributed by atoms with van der Waals surface area (Å²) in [6, 6.07) is 19.3. The smallest absolute Gasteiger partial charge is 0.247 e. The number of azide groups is 1. The van der Waals surface area contributed by atoms with Crippen LogP contribution in [0, 0.1) is 0 Å². The Hall–Kier alpha value is -3.24. The van der Waals surface area contributed by atoms with Gasteiger partial charge in [-0.05, 0) is 22.7 Å². The van der Waals surface area contributed by atoms with Crippen LogP contribution in [0.1, 0.15) is 17.2 Å². The first-order valence-electron chi connectivity index (χ1n) is 7.21. The number of benzene rings is 2. The maximum Gasteiger partial charge on any atom is 0.247 e. The third-order valence-corrected chi connectivity index (χ3v) is 3.61. The molecule has 1 heterocycles. The Balaban J connectivity index is 1.94. The van der Waals surface area contributed by atoms with Gasteiger partial charge in [-0.15, -0.1) is 0 Å². The van der Waals surface area contributed by atoms with Crippen LogP contribution >= 0.6 is 0 Å². The van der Waals surface area contributed by atoms with Crippen molar-refractivity contribution in [2.45, 2.75) is 6.04 Å². The fourth-order valence-electron chi connectivity index (χ4n) is 2.53. The van der Waals surface area contributed by atoms with Crippen molar-refractivity contribution in [2.24, 2.45) is 5.11 Å². The van der Waals surface area contributed by atoms with Crippen LogP contribution < -0.4 is 5.43 Å². The fraction of sp³-hybridized carbons (Fsp3) is 0.118. The minimum atomic E-state index is -0.279. The summed E-state index contributed by atoms with van der Waals surface area (Å²) in [5.74, 6) is -0.279. The van der Waals surface area contributed by atoms with Crippen molar-refractivity contribution < 1.29 is 4.79 Å². The number of nitrogens with zero attached hydrogens (tertiary/aromatic N) is 4. The molecular formula is C17H15N5O. The van der Waals surface area contributed by atoms with Crippen LogP contribution in [0.4, 0.5) is 0 Å². The highest BCUT2D eigenvalue weighted by molar-refractivity contribution is 5.82. The number of carbonyl (C=O) groups is 1. The number of carbonyl (C=O) groups excluding carboxylic acids is 1. The van der Waals surface area contributed by atoms with Gasteiger partial charge in [0.2, 0.25) is 5.91 Å². The number of hydrogen-bond donors (Lipinski definition) is 1. The van der Waals surface area contributed by atoms with Gasteiger partial charge in [0.1, 0.15) is 6.54 Å². The average molecular weight is 305 g/mol. The Kier molecular flexibility index (Phi) is 4.27. The number of rotatable bonds is 4. The zero-order chi connectivity index (χ0) is 16.1. The standard InChI is InChI=1S/C17H15N5O/c18-21-19-12-17(23)22-16(14-9-5-2-6-10-14)11-15(20-22)13-7-3-1-4-8-13/h1-11,16,20H,12H2. The van der Waals surface area contributed by atoms with Crippen molar-refractivity contribution in [1.82, 2.24) is 10.4 Å². The number of hydrogen-bond acceptors (Lipinski definition) is 3. The predicted molar refractivity (Wildman–Crippen MR) is 87.6 cm³/mol. The molecule has 2 aromatic rings. The van der Waals surface area contributed by atoms with Gasteiger partial charge >= 0.3 is 0 Å². The molecular weight excluding hydrogens is 290 g/mol. The molecule has 114 valence electrons. The first-order valence-corrected chi connectivity index (χ1v) is 7.21. The van der Waals surface area contributed by atoms with Crippen LogP contribution in [0.2, 0.25) is 0 Å². The molecule has 1 aliphatic heterocycles. The molecule has 0 saturated carbocycles. The molecule has 1 unspecified atom stereocenters. The molecule has 1 amide bonds. The lowest BCUT2D eigenvalue weighted by molar-refractivity contribution is -0.132. The van der Waals surface area contributed by atoms with Gasteiger partial charge in [-0.3, -0.25) is 10.2 Å². The van der Waals surface area contributed by atoms with E-state index >= 15 is 0 Å². The van der Waals surface area contributed by atoms with Crippen molar-refractivity contribution >= 4 is 11.6 Å². The summed E-state index contributed by atoms with van der Waals surface area (Å²) in [5, 5.41) is 4.87. The molecule has 0 saturated heterocycles. The van der Waals surface area contributed by atoms with E-state index in [0.29, 0.717) is 0 Å². The second kappa shape index (κ2) is 6.68. The highest BCUT2D eigenvalue weighted by Gasteiger charge is 2.30. The van der Waals surface area contributed by atoms with Crippen molar-refractivity contribution in [2.75, 3.05) is 6.54 Å². The monoisotopic (exact) mass is 305 g/mol. The summed E-state index contributed by atoms with van der Waals surface area (Å²) >= 11 is 0. The summed E-state index contributed by atoms with van der Waals surface area (Å²) in [7, 11) is 0. The molecule has 0 spiro atoms. The molecule has 6 heteroatoms. The molecule has 1 N–H and O–H groups in total. The minimum absolute atomic E-state index is 0.220. The van der Waals surface area contributed by atoms with Gasteiger partial charge in [0, 0.05) is 4.91 Å². The number of hydrazine groups is 1. The summed E-state index contributed by atoms with van der Waals surface area (Å²) in [4.78, 5) is 15.0. The molecule has 3 rings (SSSR count). The minimum Gasteiger partial charge on any atom is -0.295 e. The van der Waals surface area contributed by atoms with E-state index in [1.165, 1.54) is 5.01 Å². The largest absolute Gasteiger partial charge is 0.295 e. The average Bonchev–Trinajstić information content (AvgIpc) is 3.07. The van der Waals surface area contributed by atoms with Crippen molar-refractivity contribution in [3.8, 4) is 0 Å². The molecule has 0 aromatic heterocycles. The SMILES string of the molecule is [N-]=[N+]=NCC(=O)N1NC(c2ccccc2)=CC1c1ccccc1. The summed E-state index contributed by atoms with van der Waals surface area (Å²) in [6.07, 6.45) is 2.00. The van der Waals surface area contributed by atoms with Gasteiger partial charge < -0.3 is 0 Å². The van der Waals surface area contributed by atoms with Gasteiger partial charge in [0.25, 0.3) is 0 Å². The van der Waals surface area contributed by atoms with E-state index in [1.807, 2.05) is 66.7 Å². The molecule has 6 nitrogen and oxygen atoms in total. The van der Waals surface area contributed by atoms with Crippen molar-refractivity contribution in [3.05, 3.63) is 88.3 Å². The zero-order valence-electron chi connectivity index (χ0n) is 12.3. The van der Waals surface area contributed by atoms with Gasteiger partial charge in [-0.2, -0.15) is 0 Å². The summed E-state index contributed by atoms with van der Waals surface area (Å²) in [6.45, 7) is -0.220. The normalized spacial score (nSPS) is 16.3. The molecule has 1 atom stereocenters. The van der Waals surface area contributed by atoms with E-state index in [-0.39, 0.29) is 18.5 Å². The topological polar surface area (TPSA) is 81.1 Å². The van der Waals surface area contributed by atoms with Crippen LogP contribution in [-0.4, -0.2) is 17.5 Å². The van der Waals surface area contributed by atoms with E-state index in [0.717, 1.165) is 16.8 Å². The van der Waals surface area contributed by atoms with Crippen LogP contribution in [0.5, 0.6) is 0 Å². The molecule has 23 heavy (non-hydrogen) atoms. The zero-order valence-corrected chi connectivity index (χ0v) is 12.3. The first-order chi connectivity index (χ1) is 11.3. The Morgan fingerprint density at radius 1 is 1.13 bits per heavy atom. The number of nitrogens with one attached hydrogen (secondary N) is 1. The maximum atomic E-state index is 12.3. The Bertz CT molecular complexity index is 766. The first kappa shape index (κ1) is 14.7. The second-order valence-electron chi connectivity index (χ2n) is 5.07. The highest BCUT2D eigenvalue weighted by Crippen LogP contribution is 2.31. The molecule has 2 aromatic carbocycles. The Morgan fingerprint density at radius 3 is 2.43 bits per heavy atom. The lowest BCUT2D eigenvalue weighted by Gasteiger charge is -2.25. The summed E-state index contributed by atoms with van der Waals surface area (Å²) < 4.78 is 0. The summed E-state index contributed by atoms with van der Waals surface area (Å²) in [5.41, 5.74) is 14.4. The predicted octanol–water partition coefficient (Wildman–Crippen LogP) is 3.43. The molecule has 0 bridgehead atoms. The fourth-order valence-corrected chi connectivity index (χ4v) is 2.53. The quantitative estimate of drug-likeness (QED) is 0.533. The van der Waals surface area contributed by atoms with E-state index in [9.17, 15) is 4.79 Å². The number of amides is 1. The van der Waals surface area contributed by atoms with E-state index in [1.54, 1.807) is 0 Å². The van der Waals surface area contributed by atoms with E-state index in [4.69, 9.17) is 5.53 Å². The van der Waals surface area contributed by atoms with E-state index in [2.05, 4.69) is 15.5 Å². The van der Waals surface area contributed by atoms with E-state index < -0.39 is 0 Å². The molecule has 0 fully saturated rings. The lowest BCUT2D eigenvalue weighted by atomic mass is 10.0. The van der Waals surface area contributed by atoms with Crippen molar-refractivity contribution in [3.63, 3.8) is 0 Å². The molecule has 0 aliphatic carbocycles. The molecule has 1 aliphatic rings. The Morgan fingerprint density at radius 2 is 1.78 bits per heavy atom. The molecule has 0 radical (unpaired) electrons. The maximum absolute atomic E-state index is 12.3. The third kappa shape index (κ3) is 3.17. The Labute approximate surface area is 133 Å². The van der Waals surface area contributed by atoms with Crippen LogP contribution in [-0.2, 0) is 4.79 Å². The van der Waals surface area contributed by atoms with Crippen LogP contribution in [0.3, 0.4) is 0 Å². The van der Waals surface area contributed by atoms with Crippen molar-refractivity contribution in [1.29, 1.82) is 0 Å². The van der Waals surface area contributed by atoms with Gasteiger partial charge in [0.15, 0.2) is 0 Å². The highest BCUT2D eigenvalue weighted by atomic mass is 16.2. The van der Waals surface area contributed by atoms with Gasteiger partial charge in [0.05, 0.1) is 11.7 Å². The van der Waals surface area contributed by atoms with Gasteiger partial charge in [-0.1, -0.05) is 65.8 Å². The van der Waals surface area contributed by atoms with Crippen LogP contribution in [0.15, 0.2) is 71.9 Å². The lowest BCUT2D eigenvalue weighted by Crippen LogP contribution is -2.40. The third-order valence-electron chi connectivity index (χ3n) is 3.61. The van der Waals surface area contributed by atoms with Gasteiger partial charge in [-0.25, -0.2) is 5.01 Å². The second-order valence-corrected chi connectivity index (χ2v) is 5.07.